The van der Waals surface area contributed by atoms with E-state index in [1.165, 1.54) is 57.5 Å². The Morgan fingerprint density at radius 1 is 1.06 bits per heavy atom. The first kappa shape index (κ1) is 25.3. The lowest BCUT2D eigenvalue weighted by molar-refractivity contribution is -0.116. The van der Waals surface area contributed by atoms with Crippen LogP contribution in [0, 0.1) is 19.7 Å². The van der Waals surface area contributed by atoms with E-state index >= 15 is 0 Å². The molecule has 34 heavy (non-hydrogen) atoms. The number of nitrogens with zero attached hydrogens (tertiary/aromatic N) is 1. The molecule has 0 spiro atoms. The highest BCUT2D eigenvalue weighted by molar-refractivity contribution is 7.91. The predicted octanol–water partition coefficient (Wildman–Crippen LogP) is 3.75. The smallest absolute Gasteiger partial charge is 0.270 e. The molecular weight excluding hydrogens is 487 g/mol. The van der Waals surface area contributed by atoms with Gasteiger partial charge in [0.05, 0.1) is 24.1 Å². The van der Waals surface area contributed by atoms with E-state index in [1.54, 1.807) is 6.92 Å². The normalized spacial score (nSPS) is 11.2. The Kier molecular flexibility index (Phi) is 7.32. The van der Waals surface area contributed by atoms with Gasteiger partial charge >= 0.3 is 0 Å². The molecule has 0 atom stereocenters. The quantitative estimate of drug-likeness (QED) is 0.521. The number of ether oxygens (including phenoxy) is 2. The largest absolute Gasteiger partial charge is 0.493 e. The number of benzene rings is 2. The molecule has 180 valence electrons. The number of anilines is 1. The standard InChI is InChI=1S/C23H22ClFN2O6S/c1-13-9-14(2)27(12-21(28)26-15-5-7-18(25)17(24)10-15)23(29)22(13)34(30,31)16-6-8-19(32-3)20(11-16)33-4/h5-11H,12H2,1-4H3,(H,26,28). The van der Waals surface area contributed by atoms with Crippen molar-refractivity contribution in [2.24, 2.45) is 0 Å². The molecule has 1 aromatic heterocycles. The maximum atomic E-state index is 13.4. The molecule has 1 amide bonds. The third-order valence-corrected chi connectivity index (χ3v) is 7.29. The van der Waals surface area contributed by atoms with E-state index in [9.17, 15) is 22.4 Å². The second-order valence-corrected chi connectivity index (χ2v) is 9.68. The molecule has 1 N–H and O–H groups in total. The minimum absolute atomic E-state index is 0.161. The van der Waals surface area contributed by atoms with Crippen LogP contribution in [0.15, 0.2) is 57.1 Å². The molecule has 3 aromatic rings. The van der Waals surface area contributed by atoms with Crippen LogP contribution in [0.25, 0.3) is 0 Å². The number of methoxy groups -OCH3 is 2. The number of pyridine rings is 1. The molecule has 0 saturated heterocycles. The molecule has 0 bridgehead atoms. The van der Waals surface area contributed by atoms with Crippen molar-refractivity contribution in [2.45, 2.75) is 30.2 Å². The minimum Gasteiger partial charge on any atom is -0.493 e. The fraction of sp³-hybridized carbons (Fsp3) is 0.217. The van der Waals surface area contributed by atoms with Gasteiger partial charge in [-0.05, 0) is 55.8 Å². The SMILES string of the molecule is COc1ccc(S(=O)(=O)c2c(C)cc(C)n(CC(=O)Nc3ccc(F)c(Cl)c3)c2=O)cc1OC. The molecule has 0 radical (unpaired) electrons. The Hall–Kier alpha value is -3.37. The number of amides is 1. The van der Waals surface area contributed by atoms with Gasteiger partial charge in [-0.3, -0.25) is 9.59 Å². The Balaban J connectivity index is 2.01. The molecule has 8 nitrogen and oxygen atoms in total. The van der Waals surface area contributed by atoms with E-state index < -0.39 is 38.6 Å². The van der Waals surface area contributed by atoms with Crippen molar-refractivity contribution in [2.75, 3.05) is 19.5 Å². The van der Waals surface area contributed by atoms with Crippen LogP contribution in [-0.2, 0) is 21.2 Å². The second kappa shape index (κ2) is 9.86. The van der Waals surface area contributed by atoms with Crippen LogP contribution in [0.1, 0.15) is 11.3 Å². The zero-order chi connectivity index (χ0) is 25.2. The summed E-state index contributed by atoms with van der Waals surface area (Å²) in [7, 11) is -1.48. The van der Waals surface area contributed by atoms with E-state index in [-0.39, 0.29) is 26.9 Å². The van der Waals surface area contributed by atoms with Crippen molar-refractivity contribution < 1.29 is 27.1 Å². The van der Waals surface area contributed by atoms with Crippen molar-refractivity contribution in [3.05, 3.63) is 74.9 Å². The highest BCUT2D eigenvalue weighted by atomic mass is 35.5. The molecule has 1 heterocycles. The maximum absolute atomic E-state index is 13.4. The lowest BCUT2D eigenvalue weighted by Gasteiger charge is -2.16. The third-order valence-electron chi connectivity index (χ3n) is 5.09. The lowest BCUT2D eigenvalue weighted by atomic mass is 10.2. The molecule has 0 unspecified atom stereocenters. The van der Waals surface area contributed by atoms with Gasteiger partial charge in [0, 0.05) is 17.4 Å². The van der Waals surface area contributed by atoms with Gasteiger partial charge in [-0.1, -0.05) is 11.6 Å². The number of aromatic nitrogens is 1. The monoisotopic (exact) mass is 508 g/mol. The first-order valence-corrected chi connectivity index (χ1v) is 11.8. The van der Waals surface area contributed by atoms with Crippen molar-refractivity contribution in [1.82, 2.24) is 4.57 Å². The molecule has 0 fully saturated rings. The van der Waals surface area contributed by atoms with Crippen LogP contribution < -0.4 is 20.3 Å². The molecular formula is C23H22ClFN2O6S. The minimum atomic E-state index is -4.26. The van der Waals surface area contributed by atoms with Crippen molar-refractivity contribution >= 4 is 33.0 Å². The van der Waals surface area contributed by atoms with Crippen molar-refractivity contribution in [1.29, 1.82) is 0 Å². The number of carbonyl (C=O) groups is 1. The van der Waals surface area contributed by atoms with E-state index in [2.05, 4.69) is 5.32 Å². The molecule has 2 aromatic carbocycles. The summed E-state index contributed by atoms with van der Waals surface area (Å²) in [5.74, 6) is -0.746. The van der Waals surface area contributed by atoms with Crippen LogP contribution in [0.4, 0.5) is 10.1 Å². The van der Waals surface area contributed by atoms with Crippen molar-refractivity contribution in [3.8, 4) is 11.5 Å². The zero-order valence-corrected chi connectivity index (χ0v) is 20.4. The fourth-order valence-corrected chi connectivity index (χ4v) is 5.20. The predicted molar refractivity (Wildman–Crippen MR) is 125 cm³/mol. The number of carbonyl (C=O) groups excluding carboxylic acids is 1. The van der Waals surface area contributed by atoms with Crippen LogP contribution in [-0.4, -0.2) is 33.1 Å². The van der Waals surface area contributed by atoms with Gasteiger partial charge in [0.2, 0.25) is 15.7 Å². The number of rotatable bonds is 7. The highest BCUT2D eigenvalue weighted by Crippen LogP contribution is 2.32. The molecule has 11 heteroatoms. The number of aryl methyl sites for hydroxylation is 2. The first-order chi connectivity index (χ1) is 16.0. The van der Waals surface area contributed by atoms with Gasteiger partial charge in [0.1, 0.15) is 17.3 Å². The molecule has 0 aliphatic heterocycles. The van der Waals surface area contributed by atoms with Crippen LogP contribution in [0.2, 0.25) is 5.02 Å². The van der Waals surface area contributed by atoms with Gasteiger partial charge in [0.15, 0.2) is 11.5 Å². The van der Waals surface area contributed by atoms with Gasteiger partial charge in [-0.15, -0.1) is 0 Å². The summed E-state index contributed by atoms with van der Waals surface area (Å²) in [6.07, 6.45) is 0. The van der Waals surface area contributed by atoms with Gasteiger partial charge in [-0.25, -0.2) is 12.8 Å². The van der Waals surface area contributed by atoms with Crippen LogP contribution >= 0.6 is 11.6 Å². The Morgan fingerprint density at radius 2 is 1.74 bits per heavy atom. The highest BCUT2D eigenvalue weighted by Gasteiger charge is 2.27. The Morgan fingerprint density at radius 3 is 2.35 bits per heavy atom. The number of sulfone groups is 1. The van der Waals surface area contributed by atoms with Crippen LogP contribution in [0.5, 0.6) is 11.5 Å². The average Bonchev–Trinajstić information content (AvgIpc) is 2.78. The lowest BCUT2D eigenvalue weighted by Crippen LogP contribution is -2.33. The molecule has 0 aliphatic rings. The summed E-state index contributed by atoms with van der Waals surface area (Å²) in [5.41, 5.74) is 0.00673. The average molecular weight is 509 g/mol. The Bertz CT molecular complexity index is 1440. The third kappa shape index (κ3) is 4.92. The summed E-state index contributed by atoms with van der Waals surface area (Å²) >= 11 is 5.73. The number of halogens is 2. The van der Waals surface area contributed by atoms with Gasteiger partial charge in [-0.2, -0.15) is 0 Å². The van der Waals surface area contributed by atoms with Gasteiger partial charge < -0.3 is 19.4 Å². The second-order valence-electron chi connectivity index (χ2n) is 7.39. The maximum Gasteiger partial charge on any atom is 0.270 e. The summed E-state index contributed by atoms with van der Waals surface area (Å²) in [5, 5.41) is 2.34. The fourth-order valence-electron chi connectivity index (χ4n) is 3.45. The zero-order valence-electron chi connectivity index (χ0n) is 18.8. The topological polar surface area (TPSA) is 104 Å². The number of nitrogens with one attached hydrogen (secondary N) is 1. The van der Waals surface area contributed by atoms with Crippen molar-refractivity contribution in [3.63, 3.8) is 0 Å². The summed E-state index contributed by atoms with van der Waals surface area (Å²) < 4.78 is 51.5. The molecule has 0 aliphatic carbocycles. The number of hydrogen-bond donors (Lipinski definition) is 1. The van der Waals surface area contributed by atoms with Gasteiger partial charge in [0.25, 0.3) is 5.56 Å². The van der Waals surface area contributed by atoms with E-state index in [0.717, 1.165) is 10.6 Å². The summed E-state index contributed by atoms with van der Waals surface area (Å²) in [4.78, 5) is 25.2. The molecule has 3 rings (SSSR count). The Labute approximate surface area is 200 Å². The first-order valence-electron chi connectivity index (χ1n) is 9.92. The van der Waals surface area contributed by atoms with E-state index in [0.29, 0.717) is 11.4 Å². The molecule has 0 saturated carbocycles. The van der Waals surface area contributed by atoms with E-state index in [4.69, 9.17) is 21.1 Å². The van der Waals surface area contributed by atoms with Crippen LogP contribution in [0.3, 0.4) is 0 Å². The van der Waals surface area contributed by atoms with E-state index in [1.807, 2.05) is 0 Å². The number of hydrogen-bond acceptors (Lipinski definition) is 6. The summed E-state index contributed by atoms with van der Waals surface area (Å²) in [6.45, 7) is 2.63. The summed E-state index contributed by atoms with van der Waals surface area (Å²) in [6, 6.07) is 9.15.